The zero-order valence-electron chi connectivity index (χ0n) is 22.8. The first-order valence-corrected chi connectivity index (χ1v) is 16.7. The van der Waals surface area contributed by atoms with E-state index in [0.717, 1.165) is 17.1 Å². The summed E-state index contributed by atoms with van der Waals surface area (Å²) in [5.41, 5.74) is 9.93. The number of pyridine rings is 2. The fraction of sp³-hybridized carbons (Fsp3) is 0.0811. The molecule has 0 fully saturated rings. The minimum Gasteiger partial charge on any atom is -0.256 e. The molecule has 40 heavy (non-hydrogen) atoms. The first-order valence-electron chi connectivity index (χ1n) is 14.0. The van der Waals surface area contributed by atoms with Crippen LogP contribution in [0, 0.1) is 0 Å². The van der Waals surface area contributed by atoms with Crippen molar-refractivity contribution in [1.82, 2.24) is 9.97 Å². The normalized spacial score (nSPS) is 14.8. The van der Waals surface area contributed by atoms with E-state index < -0.39 is 8.07 Å². The summed E-state index contributed by atoms with van der Waals surface area (Å²) in [5.74, 6) is 0. The van der Waals surface area contributed by atoms with E-state index in [1.807, 2.05) is 12.4 Å². The van der Waals surface area contributed by atoms with Gasteiger partial charge in [-0.15, -0.1) is 0 Å². The summed E-state index contributed by atoms with van der Waals surface area (Å²) < 4.78 is 0. The van der Waals surface area contributed by atoms with Gasteiger partial charge >= 0.3 is 0 Å². The minimum atomic E-state index is -2.32. The summed E-state index contributed by atoms with van der Waals surface area (Å²) >= 11 is 0. The topological polar surface area (TPSA) is 25.8 Å². The van der Waals surface area contributed by atoms with Crippen molar-refractivity contribution in [2.24, 2.45) is 0 Å². The molecule has 2 nitrogen and oxygen atoms in total. The van der Waals surface area contributed by atoms with Gasteiger partial charge in [0.15, 0.2) is 0 Å². The Balaban J connectivity index is 1.68. The molecular formula is C37H30N2Si. The van der Waals surface area contributed by atoms with Gasteiger partial charge in [-0.05, 0) is 68.1 Å². The number of para-hydroxylation sites is 2. The number of allylic oxidation sites excluding steroid dienone is 2. The van der Waals surface area contributed by atoms with Crippen molar-refractivity contribution in [2.45, 2.75) is 19.5 Å². The van der Waals surface area contributed by atoms with Gasteiger partial charge in [0.05, 0.1) is 11.0 Å². The van der Waals surface area contributed by atoms with Crippen LogP contribution >= 0.6 is 0 Å². The van der Waals surface area contributed by atoms with Crippen LogP contribution < -0.4 is 0 Å². The molecule has 0 N–H and O–H groups in total. The number of rotatable bonds is 5. The monoisotopic (exact) mass is 530 g/mol. The number of benzene rings is 4. The Kier molecular flexibility index (Phi) is 6.02. The van der Waals surface area contributed by atoms with Crippen LogP contribution in [0.3, 0.4) is 0 Å². The number of fused-ring (bicyclic) bond motifs is 2. The lowest BCUT2D eigenvalue weighted by atomic mass is 9.88. The van der Waals surface area contributed by atoms with Crippen LogP contribution in [0.5, 0.6) is 0 Å². The first kappa shape index (κ1) is 24.4. The molecule has 4 aromatic carbocycles. The van der Waals surface area contributed by atoms with Gasteiger partial charge in [0, 0.05) is 23.2 Å². The van der Waals surface area contributed by atoms with Gasteiger partial charge in [-0.1, -0.05) is 117 Å². The van der Waals surface area contributed by atoms with Crippen molar-refractivity contribution in [3.8, 4) is 0 Å². The maximum absolute atomic E-state index is 4.75. The van der Waals surface area contributed by atoms with Gasteiger partial charge in [-0.3, -0.25) is 9.97 Å². The SMILES string of the molecule is CC[Si]1(C)C(c2ccnc3ccccc23)=C(c2ccccc2)C(c2ccccc2)=C1c1ccnc2ccccc12. The lowest BCUT2D eigenvalue weighted by molar-refractivity contribution is 1.38. The predicted octanol–water partition coefficient (Wildman–Crippen LogP) is 9.50. The van der Waals surface area contributed by atoms with Gasteiger partial charge in [-0.25, -0.2) is 0 Å². The fourth-order valence-corrected chi connectivity index (χ4v) is 10.8. The Labute approximate surface area is 236 Å². The molecule has 192 valence electrons. The quantitative estimate of drug-likeness (QED) is 0.207. The molecule has 0 aliphatic carbocycles. The van der Waals surface area contributed by atoms with Crippen LogP contribution in [0.25, 0.3) is 43.3 Å². The molecule has 3 heterocycles. The molecule has 0 atom stereocenters. The summed E-state index contributed by atoms with van der Waals surface area (Å²) in [5, 5.41) is 5.42. The third kappa shape index (κ3) is 3.77. The van der Waals surface area contributed by atoms with E-state index in [4.69, 9.17) is 9.97 Å². The summed E-state index contributed by atoms with van der Waals surface area (Å²) in [6.45, 7) is 4.95. The Bertz CT molecular complexity index is 1790. The van der Waals surface area contributed by atoms with E-state index in [1.54, 1.807) is 0 Å². The molecule has 2 aromatic heterocycles. The highest BCUT2D eigenvalue weighted by Gasteiger charge is 2.46. The van der Waals surface area contributed by atoms with Crippen LogP contribution in [0.4, 0.5) is 0 Å². The molecular weight excluding hydrogens is 501 g/mol. The zero-order chi connectivity index (χ0) is 27.1. The summed E-state index contributed by atoms with van der Waals surface area (Å²) in [7, 11) is -2.32. The average Bonchev–Trinajstić information content (AvgIpc) is 3.30. The van der Waals surface area contributed by atoms with Crippen molar-refractivity contribution in [1.29, 1.82) is 0 Å². The molecule has 0 spiro atoms. The molecule has 0 radical (unpaired) electrons. The van der Waals surface area contributed by atoms with E-state index in [9.17, 15) is 0 Å². The molecule has 1 aliphatic heterocycles. The van der Waals surface area contributed by atoms with E-state index in [2.05, 4.69) is 135 Å². The van der Waals surface area contributed by atoms with Gasteiger partial charge in [-0.2, -0.15) is 0 Å². The standard InChI is InChI=1S/C37H30N2Si/c1-3-40(2)36(30-22-24-38-32-20-12-10-18-28(30)32)34(26-14-6-4-7-15-26)35(27-16-8-5-9-17-27)37(40)31-23-25-39-33-21-13-11-19-29(31)33/h4-25H,3H2,1-2H3. The van der Waals surface area contributed by atoms with E-state index in [-0.39, 0.29) is 0 Å². The highest BCUT2D eigenvalue weighted by atomic mass is 28.3. The van der Waals surface area contributed by atoms with Crippen molar-refractivity contribution in [3.05, 3.63) is 156 Å². The highest BCUT2D eigenvalue weighted by Crippen LogP contribution is 2.58. The second kappa shape index (κ2) is 9.85. The highest BCUT2D eigenvalue weighted by molar-refractivity contribution is 7.14. The molecule has 0 bridgehead atoms. The molecule has 0 unspecified atom stereocenters. The Morgan fingerprint density at radius 2 is 0.900 bits per heavy atom. The predicted molar refractivity (Wildman–Crippen MR) is 172 cm³/mol. The zero-order valence-corrected chi connectivity index (χ0v) is 23.8. The number of hydrogen-bond acceptors (Lipinski definition) is 2. The smallest absolute Gasteiger partial charge is 0.118 e. The maximum atomic E-state index is 4.75. The number of aromatic nitrogens is 2. The lowest BCUT2D eigenvalue weighted by Gasteiger charge is -2.30. The Hall–Kier alpha value is -4.60. The Morgan fingerprint density at radius 3 is 1.32 bits per heavy atom. The van der Waals surface area contributed by atoms with Crippen molar-refractivity contribution in [3.63, 3.8) is 0 Å². The summed E-state index contributed by atoms with van der Waals surface area (Å²) in [4.78, 5) is 9.50. The van der Waals surface area contributed by atoms with Crippen LogP contribution in [0.1, 0.15) is 29.2 Å². The molecule has 1 aliphatic rings. The second-order valence-electron chi connectivity index (χ2n) is 10.7. The third-order valence-electron chi connectivity index (χ3n) is 8.52. The number of nitrogens with zero attached hydrogens (tertiary/aromatic N) is 2. The largest absolute Gasteiger partial charge is 0.256 e. The average molecular weight is 531 g/mol. The van der Waals surface area contributed by atoms with E-state index >= 15 is 0 Å². The second-order valence-corrected chi connectivity index (χ2v) is 15.0. The van der Waals surface area contributed by atoms with Crippen LogP contribution in [0.2, 0.25) is 12.6 Å². The van der Waals surface area contributed by atoms with Crippen molar-refractivity contribution >= 4 is 51.4 Å². The minimum absolute atomic E-state index is 1.04. The molecule has 7 rings (SSSR count). The van der Waals surface area contributed by atoms with E-state index in [0.29, 0.717) is 0 Å². The Morgan fingerprint density at radius 1 is 0.500 bits per heavy atom. The lowest BCUT2D eigenvalue weighted by Crippen LogP contribution is -2.32. The molecule has 0 saturated heterocycles. The fourth-order valence-electron chi connectivity index (χ4n) is 6.56. The maximum Gasteiger partial charge on any atom is 0.118 e. The van der Waals surface area contributed by atoms with Gasteiger partial charge in [0.1, 0.15) is 8.07 Å². The first-order chi connectivity index (χ1) is 19.7. The molecule has 3 heteroatoms. The molecule has 6 aromatic rings. The van der Waals surface area contributed by atoms with Gasteiger partial charge in [0.25, 0.3) is 0 Å². The van der Waals surface area contributed by atoms with Gasteiger partial charge in [0.2, 0.25) is 0 Å². The van der Waals surface area contributed by atoms with Crippen molar-refractivity contribution < 1.29 is 0 Å². The third-order valence-corrected chi connectivity index (χ3v) is 13.2. The molecule has 0 amide bonds. The van der Waals surface area contributed by atoms with Crippen LogP contribution in [0.15, 0.2) is 134 Å². The van der Waals surface area contributed by atoms with Crippen LogP contribution in [-0.4, -0.2) is 18.0 Å². The van der Waals surface area contributed by atoms with Crippen molar-refractivity contribution in [2.75, 3.05) is 0 Å². The van der Waals surface area contributed by atoms with E-state index in [1.165, 1.54) is 54.6 Å². The summed E-state index contributed by atoms with van der Waals surface area (Å²) in [6.07, 6.45) is 3.97. The van der Waals surface area contributed by atoms with Crippen LogP contribution in [-0.2, 0) is 0 Å². The molecule has 0 saturated carbocycles. The summed E-state index contributed by atoms with van der Waals surface area (Å²) in [6, 6.07) is 44.7. The number of hydrogen-bond donors (Lipinski definition) is 0. The van der Waals surface area contributed by atoms with Gasteiger partial charge < -0.3 is 0 Å².